The van der Waals surface area contributed by atoms with Crippen molar-refractivity contribution in [2.45, 2.75) is 19.0 Å². The van der Waals surface area contributed by atoms with Gasteiger partial charge < -0.3 is 19.8 Å². The molecule has 1 heterocycles. The largest absolute Gasteiger partial charge is 0.495 e. The molecule has 8 heteroatoms. The molecule has 0 spiro atoms. The number of nitrogens with two attached hydrogens (primary N) is 1. The number of rotatable bonds is 8. The van der Waals surface area contributed by atoms with Crippen molar-refractivity contribution < 1.29 is 24.2 Å². The summed E-state index contributed by atoms with van der Waals surface area (Å²) in [6, 6.07) is 16.7. The third-order valence-electron chi connectivity index (χ3n) is 4.55. The van der Waals surface area contributed by atoms with E-state index in [4.69, 9.17) is 9.15 Å². The van der Waals surface area contributed by atoms with Gasteiger partial charge in [-0.1, -0.05) is 30.3 Å². The number of hydrogen-bond donors (Lipinski definition) is 2. The Balaban J connectivity index is 1.79. The maximum atomic E-state index is 12.8. The minimum absolute atomic E-state index is 0.129. The Morgan fingerprint density at radius 1 is 1.17 bits per heavy atom. The van der Waals surface area contributed by atoms with Gasteiger partial charge in [-0.25, -0.2) is 0 Å². The Morgan fingerprint density at radius 2 is 1.93 bits per heavy atom. The summed E-state index contributed by atoms with van der Waals surface area (Å²) in [5.74, 6) is 0.766. The molecule has 1 aromatic heterocycles. The van der Waals surface area contributed by atoms with Crippen LogP contribution in [0, 0.1) is 10.1 Å². The standard InChI is InChI=1S/C21H21N3O5/c1-14(21(25)23-17-13-16(24(26)27)10-11-18(17)28-2)22-20(19-9-6-12-29-19)15-7-4-3-5-8-15/h3-14,20,22H,1-2H3,(H,23,25)/p+1/t14-,20+/m0/s1. The van der Waals surface area contributed by atoms with Crippen LogP contribution in [0.4, 0.5) is 11.4 Å². The molecule has 0 unspecified atom stereocenters. The van der Waals surface area contributed by atoms with E-state index in [0.29, 0.717) is 5.75 Å². The zero-order valence-corrected chi connectivity index (χ0v) is 16.1. The summed E-state index contributed by atoms with van der Waals surface area (Å²) in [5.41, 5.74) is 1.12. The molecule has 0 bridgehead atoms. The molecule has 0 fully saturated rings. The van der Waals surface area contributed by atoms with Crippen LogP contribution in [0.1, 0.15) is 24.3 Å². The Bertz CT molecular complexity index is 973. The molecular formula is C21H22N3O5+. The zero-order chi connectivity index (χ0) is 20.8. The van der Waals surface area contributed by atoms with Crippen LogP contribution in [-0.4, -0.2) is 24.0 Å². The Hall–Kier alpha value is -3.65. The number of anilines is 1. The highest BCUT2D eigenvalue weighted by Crippen LogP contribution is 2.29. The fourth-order valence-corrected chi connectivity index (χ4v) is 3.03. The lowest BCUT2D eigenvalue weighted by Crippen LogP contribution is -2.92. The van der Waals surface area contributed by atoms with E-state index in [2.05, 4.69) is 5.32 Å². The first kappa shape index (κ1) is 20.1. The van der Waals surface area contributed by atoms with E-state index in [1.807, 2.05) is 41.7 Å². The number of carbonyl (C=O) groups is 1. The molecule has 150 valence electrons. The summed E-state index contributed by atoms with van der Waals surface area (Å²) in [5, 5.41) is 15.7. The number of nitrogens with zero attached hydrogens (tertiary/aromatic N) is 1. The molecule has 2 aromatic carbocycles. The second-order valence-electron chi connectivity index (χ2n) is 6.52. The van der Waals surface area contributed by atoms with Crippen LogP contribution in [0.15, 0.2) is 71.3 Å². The highest BCUT2D eigenvalue weighted by Gasteiger charge is 2.27. The number of nitrogens with one attached hydrogen (secondary N) is 1. The van der Waals surface area contributed by atoms with E-state index in [1.165, 1.54) is 25.3 Å². The van der Waals surface area contributed by atoms with Crippen molar-refractivity contribution in [1.29, 1.82) is 0 Å². The predicted molar refractivity (Wildman–Crippen MR) is 107 cm³/mol. The van der Waals surface area contributed by atoms with Crippen molar-refractivity contribution >= 4 is 17.3 Å². The van der Waals surface area contributed by atoms with Gasteiger partial charge in [-0.3, -0.25) is 14.9 Å². The number of nitro groups is 1. The third kappa shape index (κ3) is 4.80. The van der Waals surface area contributed by atoms with Crippen molar-refractivity contribution in [3.05, 3.63) is 88.4 Å². The second-order valence-corrected chi connectivity index (χ2v) is 6.52. The van der Waals surface area contributed by atoms with Crippen LogP contribution < -0.4 is 15.4 Å². The van der Waals surface area contributed by atoms with Crippen LogP contribution >= 0.6 is 0 Å². The fourth-order valence-electron chi connectivity index (χ4n) is 3.03. The minimum atomic E-state index is -0.521. The van der Waals surface area contributed by atoms with Crippen molar-refractivity contribution in [2.24, 2.45) is 0 Å². The van der Waals surface area contributed by atoms with Gasteiger partial charge in [0.2, 0.25) is 0 Å². The van der Waals surface area contributed by atoms with Crippen molar-refractivity contribution in [2.75, 3.05) is 12.4 Å². The average molecular weight is 396 g/mol. The maximum Gasteiger partial charge on any atom is 0.282 e. The topological polar surface area (TPSA) is 111 Å². The molecule has 29 heavy (non-hydrogen) atoms. The first-order valence-electron chi connectivity index (χ1n) is 9.06. The first-order valence-corrected chi connectivity index (χ1v) is 9.06. The molecule has 0 saturated heterocycles. The van der Waals surface area contributed by atoms with Gasteiger partial charge in [0.15, 0.2) is 17.8 Å². The smallest absolute Gasteiger partial charge is 0.282 e. The molecule has 2 atom stereocenters. The number of hydrogen-bond acceptors (Lipinski definition) is 5. The van der Waals surface area contributed by atoms with E-state index in [0.717, 1.165) is 11.3 Å². The SMILES string of the molecule is COc1ccc([N+](=O)[O-])cc1NC(=O)[C@H](C)[NH2+][C@H](c1ccccc1)c1ccco1. The van der Waals surface area contributed by atoms with Gasteiger partial charge in [-0.05, 0) is 25.1 Å². The molecule has 0 saturated carbocycles. The van der Waals surface area contributed by atoms with Gasteiger partial charge in [-0.15, -0.1) is 0 Å². The summed E-state index contributed by atoms with van der Waals surface area (Å²) in [6.45, 7) is 1.76. The van der Waals surface area contributed by atoms with Gasteiger partial charge in [0.25, 0.3) is 11.6 Å². The molecule has 1 amide bonds. The number of ether oxygens (including phenoxy) is 1. The van der Waals surface area contributed by atoms with E-state index in [-0.39, 0.29) is 23.3 Å². The van der Waals surface area contributed by atoms with Gasteiger partial charge in [0.05, 0.1) is 24.0 Å². The predicted octanol–water partition coefficient (Wildman–Crippen LogP) is 2.88. The second kappa shape index (κ2) is 9.03. The van der Waals surface area contributed by atoms with E-state index in [1.54, 1.807) is 19.3 Å². The first-order chi connectivity index (χ1) is 14.0. The van der Waals surface area contributed by atoms with E-state index >= 15 is 0 Å². The van der Waals surface area contributed by atoms with Crippen molar-refractivity contribution in [3.8, 4) is 5.75 Å². The molecule has 3 N–H and O–H groups in total. The summed E-state index contributed by atoms with van der Waals surface area (Å²) in [7, 11) is 1.44. The van der Waals surface area contributed by atoms with Crippen molar-refractivity contribution in [3.63, 3.8) is 0 Å². The monoisotopic (exact) mass is 396 g/mol. The fraction of sp³-hybridized carbons (Fsp3) is 0.190. The van der Waals surface area contributed by atoms with Gasteiger partial charge in [0, 0.05) is 17.7 Å². The molecular weight excluding hydrogens is 374 g/mol. The highest BCUT2D eigenvalue weighted by atomic mass is 16.6. The normalized spacial score (nSPS) is 12.8. The Labute approximate surface area is 167 Å². The number of non-ortho nitro benzene ring substituents is 1. The molecule has 3 rings (SSSR count). The van der Waals surface area contributed by atoms with Crippen LogP contribution in [-0.2, 0) is 4.79 Å². The molecule has 0 aliphatic carbocycles. The van der Waals surface area contributed by atoms with Crippen LogP contribution in [0.2, 0.25) is 0 Å². The molecule has 0 aliphatic rings. The maximum absolute atomic E-state index is 12.8. The highest BCUT2D eigenvalue weighted by molar-refractivity contribution is 5.95. The Morgan fingerprint density at radius 3 is 2.55 bits per heavy atom. The summed E-state index contributed by atoms with van der Waals surface area (Å²) >= 11 is 0. The van der Waals surface area contributed by atoms with Crippen LogP contribution in [0.25, 0.3) is 0 Å². The van der Waals surface area contributed by atoms with E-state index in [9.17, 15) is 14.9 Å². The van der Waals surface area contributed by atoms with Crippen LogP contribution in [0.3, 0.4) is 0 Å². The lowest BCUT2D eigenvalue weighted by atomic mass is 10.0. The lowest BCUT2D eigenvalue weighted by molar-refractivity contribution is -0.706. The average Bonchev–Trinajstić information content (AvgIpc) is 3.26. The molecule has 0 aliphatic heterocycles. The minimum Gasteiger partial charge on any atom is -0.495 e. The number of nitro benzene ring substituents is 1. The number of carbonyl (C=O) groups excluding carboxylic acids is 1. The number of quaternary nitrogens is 1. The Kier molecular flexibility index (Phi) is 6.25. The number of benzene rings is 2. The molecule has 8 nitrogen and oxygen atoms in total. The molecule has 3 aromatic rings. The zero-order valence-electron chi connectivity index (χ0n) is 16.1. The van der Waals surface area contributed by atoms with Gasteiger partial charge in [-0.2, -0.15) is 0 Å². The van der Waals surface area contributed by atoms with E-state index < -0.39 is 11.0 Å². The van der Waals surface area contributed by atoms with Crippen molar-refractivity contribution in [1.82, 2.24) is 0 Å². The molecule has 0 radical (unpaired) electrons. The van der Waals surface area contributed by atoms with Gasteiger partial charge >= 0.3 is 0 Å². The third-order valence-corrected chi connectivity index (χ3v) is 4.55. The van der Waals surface area contributed by atoms with Gasteiger partial charge in [0.1, 0.15) is 5.75 Å². The number of furan rings is 1. The quantitative estimate of drug-likeness (QED) is 0.449. The number of amides is 1. The summed E-state index contributed by atoms with van der Waals surface area (Å²) < 4.78 is 10.8. The lowest BCUT2D eigenvalue weighted by Gasteiger charge is -2.19. The van der Waals surface area contributed by atoms with Crippen LogP contribution in [0.5, 0.6) is 5.75 Å². The summed E-state index contributed by atoms with van der Waals surface area (Å²) in [4.78, 5) is 23.3. The number of methoxy groups -OCH3 is 1. The summed E-state index contributed by atoms with van der Waals surface area (Å²) in [6.07, 6.45) is 1.60.